The number of halogens is 3. The number of hydrogen-bond acceptors (Lipinski definition) is 7. The molecule has 11 heteroatoms. The Morgan fingerprint density at radius 3 is 2.71 bits per heavy atom. The maximum absolute atomic E-state index is 12.6. The second-order valence-electron chi connectivity index (χ2n) is 5.30. The minimum atomic E-state index is -4.65. The van der Waals surface area contributed by atoms with Crippen LogP contribution in [-0.2, 0) is 35.8 Å². The van der Waals surface area contributed by atoms with Crippen LogP contribution in [0.3, 0.4) is 0 Å². The molecule has 3 heterocycles. The lowest BCUT2D eigenvalue weighted by molar-refractivity contribution is -0.145. The van der Waals surface area contributed by atoms with Gasteiger partial charge < -0.3 is 8.97 Å². The fraction of sp³-hybridized carbons (Fsp3) is 0.385. The highest BCUT2D eigenvalue weighted by Crippen LogP contribution is 2.28. The Balaban J connectivity index is 1.73. The minimum absolute atomic E-state index is 0.218. The largest absolute Gasteiger partial charge is 0.742 e. The molecule has 130 valence electrons. The highest BCUT2D eigenvalue weighted by Gasteiger charge is 2.35. The van der Waals surface area contributed by atoms with E-state index in [1.165, 1.54) is 6.07 Å². The zero-order valence-corrected chi connectivity index (χ0v) is 12.9. The van der Waals surface area contributed by atoms with E-state index in [1.54, 1.807) is 0 Å². The van der Waals surface area contributed by atoms with Gasteiger partial charge in [0.05, 0.1) is 12.2 Å². The van der Waals surface area contributed by atoms with E-state index in [0.717, 1.165) is 12.3 Å². The quantitative estimate of drug-likeness (QED) is 0.764. The summed E-state index contributed by atoms with van der Waals surface area (Å²) in [6, 6.07) is 2.46. The van der Waals surface area contributed by atoms with Crippen molar-refractivity contribution < 1.29 is 30.6 Å². The number of rotatable bonds is 3. The van der Waals surface area contributed by atoms with Gasteiger partial charge in [-0.1, -0.05) is 0 Å². The molecule has 0 spiro atoms. The Hall–Kier alpha value is -1.98. The summed E-state index contributed by atoms with van der Waals surface area (Å²) in [4.78, 5) is 8.72. The predicted octanol–water partition coefficient (Wildman–Crippen LogP) is 1.55. The predicted molar refractivity (Wildman–Crippen MR) is 71.5 cm³/mol. The summed E-state index contributed by atoms with van der Waals surface area (Å²) >= 11 is 0. The number of alkyl halides is 3. The topological polar surface area (TPSA) is 99.4 Å². The number of furan rings is 1. The highest BCUT2D eigenvalue weighted by molar-refractivity contribution is 7.85. The average molecular weight is 362 g/mol. The van der Waals surface area contributed by atoms with Crippen LogP contribution in [0.1, 0.15) is 22.8 Å². The first kappa shape index (κ1) is 16.9. The summed E-state index contributed by atoms with van der Waals surface area (Å²) in [7, 11) is -4.65. The smallest absolute Gasteiger partial charge is 0.451 e. The molecule has 0 aliphatic carbocycles. The second-order valence-corrected chi connectivity index (χ2v) is 6.61. The van der Waals surface area contributed by atoms with Gasteiger partial charge in [-0.05, 0) is 12.1 Å². The molecular formula is C13H11F3N3O4S-. The Kier molecular flexibility index (Phi) is 4.10. The molecule has 0 saturated carbocycles. The fourth-order valence-electron chi connectivity index (χ4n) is 2.44. The molecule has 2 aromatic rings. The van der Waals surface area contributed by atoms with Gasteiger partial charge in [0.25, 0.3) is 0 Å². The van der Waals surface area contributed by atoms with Crippen LogP contribution in [0.4, 0.5) is 13.2 Å². The first-order valence-corrected chi connectivity index (χ1v) is 8.23. The monoisotopic (exact) mass is 362 g/mol. The molecule has 0 fully saturated rings. The number of nitrogens with zero attached hydrogens (tertiary/aromatic N) is 3. The van der Waals surface area contributed by atoms with Crippen LogP contribution < -0.4 is 0 Å². The lowest BCUT2D eigenvalue weighted by Crippen LogP contribution is -2.31. The summed E-state index contributed by atoms with van der Waals surface area (Å²) in [5.74, 6) is -0.883. The van der Waals surface area contributed by atoms with Crippen LogP contribution in [0.5, 0.6) is 0 Å². The van der Waals surface area contributed by atoms with Crippen LogP contribution in [0.2, 0.25) is 0 Å². The Labute approximate surface area is 134 Å². The Morgan fingerprint density at radius 2 is 2.08 bits per heavy atom. The maximum Gasteiger partial charge on any atom is 0.451 e. The number of fused-ring (bicyclic) bond motifs is 1. The van der Waals surface area contributed by atoms with Crippen molar-refractivity contribution in [3.05, 3.63) is 41.2 Å². The van der Waals surface area contributed by atoms with Crippen molar-refractivity contribution in [3.8, 4) is 0 Å². The normalized spacial score (nSPS) is 16.2. The van der Waals surface area contributed by atoms with E-state index in [0.29, 0.717) is 30.8 Å². The molecule has 0 unspecified atom stereocenters. The van der Waals surface area contributed by atoms with E-state index in [9.17, 15) is 26.1 Å². The zero-order chi connectivity index (χ0) is 17.5. The SMILES string of the molecule is O=S(=O)([O-])c1ccc(CN2CCc3nc(C(F)(F)F)ncc3C2)o1. The van der Waals surface area contributed by atoms with Crippen LogP contribution in [0.25, 0.3) is 0 Å². The molecule has 24 heavy (non-hydrogen) atoms. The first-order chi connectivity index (χ1) is 11.1. The van der Waals surface area contributed by atoms with E-state index in [-0.39, 0.29) is 12.3 Å². The molecule has 3 rings (SSSR count). The summed E-state index contributed by atoms with van der Waals surface area (Å²) in [6.45, 7) is 0.936. The van der Waals surface area contributed by atoms with Gasteiger partial charge in [-0.15, -0.1) is 0 Å². The van der Waals surface area contributed by atoms with Crippen molar-refractivity contribution in [2.45, 2.75) is 30.8 Å². The van der Waals surface area contributed by atoms with Crippen molar-refractivity contribution in [1.29, 1.82) is 0 Å². The van der Waals surface area contributed by atoms with Gasteiger partial charge in [0, 0.05) is 31.3 Å². The van der Waals surface area contributed by atoms with Gasteiger partial charge in [0.15, 0.2) is 10.1 Å². The van der Waals surface area contributed by atoms with E-state index in [4.69, 9.17) is 4.42 Å². The summed E-state index contributed by atoms with van der Waals surface area (Å²) < 4.78 is 75.3. The third kappa shape index (κ3) is 3.57. The molecule has 0 bridgehead atoms. The van der Waals surface area contributed by atoms with Crippen molar-refractivity contribution in [2.75, 3.05) is 6.54 Å². The van der Waals surface area contributed by atoms with E-state index < -0.39 is 27.2 Å². The van der Waals surface area contributed by atoms with Crippen molar-refractivity contribution >= 4 is 10.1 Å². The van der Waals surface area contributed by atoms with Crippen molar-refractivity contribution in [1.82, 2.24) is 14.9 Å². The Morgan fingerprint density at radius 1 is 1.33 bits per heavy atom. The van der Waals surface area contributed by atoms with Crippen LogP contribution in [0.15, 0.2) is 27.8 Å². The molecular weight excluding hydrogens is 351 g/mol. The molecule has 1 aliphatic heterocycles. The maximum atomic E-state index is 12.6. The molecule has 0 amide bonds. The van der Waals surface area contributed by atoms with E-state index in [1.807, 2.05) is 4.90 Å². The van der Waals surface area contributed by atoms with E-state index >= 15 is 0 Å². The van der Waals surface area contributed by atoms with Crippen LogP contribution in [0, 0.1) is 0 Å². The summed E-state index contributed by atoms with van der Waals surface area (Å²) in [6.07, 6.45) is -3.14. The fourth-order valence-corrected chi connectivity index (χ4v) is 2.89. The highest BCUT2D eigenvalue weighted by atomic mass is 32.2. The minimum Gasteiger partial charge on any atom is -0.742 e. The summed E-state index contributed by atoms with van der Waals surface area (Å²) in [5.41, 5.74) is 0.910. The number of aromatic nitrogens is 2. The van der Waals surface area contributed by atoms with Crippen molar-refractivity contribution in [2.24, 2.45) is 0 Å². The van der Waals surface area contributed by atoms with E-state index in [2.05, 4.69) is 9.97 Å². The van der Waals surface area contributed by atoms with Crippen LogP contribution >= 0.6 is 0 Å². The molecule has 0 atom stereocenters. The Bertz CT molecular complexity index is 864. The van der Waals surface area contributed by atoms with Gasteiger partial charge in [0.2, 0.25) is 10.9 Å². The van der Waals surface area contributed by atoms with Gasteiger partial charge in [-0.3, -0.25) is 4.90 Å². The molecule has 0 radical (unpaired) electrons. The molecule has 0 N–H and O–H groups in total. The second kappa shape index (κ2) is 5.83. The lowest BCUT2D eigenvalue weighted by atomic mass is 10.1. The third-order valence-electron chi connectivity index (χ3n) is 3.53. The molecule has 0 saturated heterocycles. The third-order valence-corrected chi connectivity index (χ3v) is 4.24. The average Bonchev–Trinajstić information content (AvgIpc) is 2.94. The van der Waals surface area contributed by atoms with Gasteiger partial charge in [-0.25, -0.2) is 18.4 Å². The van der Waals surface area contributed by atoms with Gasteiger partial charge >= 0.3 is 6.18 Å². The standard InChI is InChI=1S/C13H12F3N3O4S/c14-13(15,16)12-17-5-8-6-19(4-3-10(8)18-12)7-9-1-2-11(23-9)24(20,21)22/h1-2,5H,3-4,6-7H2,(H,20,21,22)/p-1. The van der Waals surface area contributed by atoms with Crippen molar-refractivity contribution in [3.63, 3.8) is 0 Å². The first-order valence-electron chi connectivity index (χ1n) is 6.82. The zero-order valence-electron chi connectivity index (χ0n) is 12.1. The summed E-state index contributed by atoms with van der Waals surface area (Å²) in [5, 5.41) is -0.659. The lowest BCUT2D eigenvalue weighted by Gasteiger charge is -2.27. The van der Waals surface area contributed by atoms with Crippen LogP contribution in [-0.4, -0.2) is 34.4 Å². The molecule has 0 aromatic carbocycles. The molecule has 1 aliphatic rings. The number of hydrogen-bond donors (Lipinski definition) is 0. The van der Waals surface area contributed by atoms with Gasteiger partial charge in [-0.2, -0.15) is 13.2 Å². The van der Waals surface area contributed by atoms with Gasteiger partial charge in [0.1, 0.15) is 5.76 Å². The molecule has 2 aromatic heterocycles. The molecule has 7 nitrogen and oxygen atoms in total.